The van der Waals surface area contributed by atoms with Crippen LogP contribution < -0.4 is 0 Å². The summed E-state index contributed by atoms with van der Waals surface area (Å²) in [6.07, 6.45) is 6.87. The van der Waals surface area contributed by atoms with Crippen LogP contribution in [-0.4, -0.2) is 5.78 Å². The van der Waals surface area contributed by atoms with Crippen molar-refractivity contribution < 1.29 is 4.79 Å². The standard InChI is InChI=1S/C12H22O/c1-12(2,3)10-8-6-4-5-7-9-11(10)13/h10H,4-9H2,1-3H3. The van der Waals surface area contributed by atoms with Crippen LogP contribution in [0.25, 0.3) is 0 Å². The van der Waals surface area contributed by atoms with Crippen molar-refractivity contribution in [3.8, 4) is 0 Å². The van der Waals surface area contributed by atoms with E-state index in [9.17, 15) is 4.79 Å². The van der Waals surface area contributed by atoms with Crippen LogP contribution in [0.4, 0.5) is 0 Å². The number of carbonyl (C=O) groups excluding carboxylic acids is 1. The molecule has 13 heavy (non-hydrogen) atoms. The third kappa shape index (κ3) is 3.13. The summed E-state index contributed by atoms with van der Waals surface area (Å²) in [6.45, 7) is 6.57. The average molecular weight is 182 g/mol. The van der Waals surface area contributed by atoms with Gasteiger partial charge in [-0.3, -0.25) is 4.79 Å². The van der Waals surface area contributed by atoms with Crippen LogP contribution in [-0.2, 0) is 4.79 Å². The van der Waals surface area contributed by atoms with Gasteiger partial charge in [0.2, 0.25) is 0 Å². The number of hydrogen-bond acceptors (Lipinski definition) is 1. The molecule has 0 N–H and O–H groups in total. The van der Waals surface area contributed by atoms with E-state index in [2.05, 4.69) is 20.8 Å². The molecule has 1 aliphatic carbocycles. The molecular formula is C12H22O. The van der Waals surface area contributed by atoms with Gasteiger partial charge in [0.25, 0.3) is 0 Å². The Hall–Kier alpha value is -0.330. The first kappa shape index (κ1) is 10.7. The predicted octanol–water partition coefficient (Wildman–Crippen LogP) is 3.57. The molecule has 1 rings (SSSR count). The van der Waals surface area contributed by atoms with Gasteiger partial charge in [-0.05, 0) is 18.3 Å². The van der Waals surface area contributed by atoms with Gasteiger partial charge in [0.05, 0.1) is 0 Å². The highest BCUT2D eigenvalue weighted by Gasteiger charge is 2.30. The Labute approximate surface area is 81.9 Å². The largest absolute Gasteiger partial charge is 0.299 e. The van der Waals surface area contributed by atoms with Crippen molar-refractivity contribution in [3.05, 3.63) is 0 Å². The molecule has 1 nitrogen and oxygen atoms in total. The first-order chi connectivity index (χ1) is 6.02. The zero-order valence-corrected chi connectivity index (χ0v) is 9.23. The minimum Gasteiger partial charge on any atom is -0.299 e. The number of Topliss-reactive ketones (excluding diaryl/α,β-unsaturated/α-hetero) is 1. The van der Waals surface area contributed by atoms with Gasteiger partial charge in [-0.25, -0.2) is 0 Å². The molecule has 1 unspecified atom stereocenters. The van der Waals surface area contributed by atoms with Crippen molar-refractivity contribution in [3.63, 3.8) is 0 Å². The number of carbonyl (C=O) groups is 1. The topological polar surface area (TPSA) is 17.1 Å². The number of rotatable bonds is 0. The Balaban J connectivity index is 2.62. The van der Waals surface area contributed by atoms with Gasteiger partial charge in [0.15, 0.2) is 0 Å². The van der Waals surface area contributed by atoms with Crippen LogP contribution in [0.1, 0.15) is 59.3 Å². The van der Waals surface area contributed by atoms with Crippen molar-refractivity contribution in [1.29, 1.82) is 0 Å². The molecule has 0 saturated heterocycles. The monoisotopic (exact) mass is 182 g/mol. The van der Waals surface area contributed by atoms with Crippen molar-refractivity contribution in [2.24, 2.45) is 11.3 Å². The molecule has 1 fully saturated rings. The second-order valence-corrected chi connectivity index (χ2v) is 5.34. The second-order valence-electron chi connectivity index (χ2n) is 5.34. The van der Waals surface area contributed by atoms with Crippen molar-refractivity contribution in [1.82, 2.24) is 0 Å². The average Bonchev–Trinajstić information content (AvgIpc) is 1.94. The quantitative estimate of drug-likeness (QED) is 0.559. The van der Waals surface area contributed by atoms with Crippen LogP contribution >= 0.6 is 0 Å². The number of ketones is 1. The lowest BCUT2D eigenvalue weighted by Gasteiger charge is -2.30. The van der Waals surface area contributed by atoms with Gasteiger partial charge in [-0.15, -0.1) is 0 Å². The molecule has 0 aliphatic heterocycles. The van der Waals surface area contributed by atoms with Gasteiger partial charge in [0, 0.05) is 12.3 Å². The minimum absolute atomic E-state index is 0.175. The SMILES string of the molecule is CC(C)(C)C1CCCCCCC1=O. The molecule has 76 valence electrons. The zero-order valence-electron chi connectivity index (χ0n) is 9.23. The summed E-state index contributed by atoms with van der Waals surface area (Å²) in [7, 11) is 0. The van der Waals surface area contributed by atoms with Gasteiger partial charge in [-0.1, -0.05) is 40.0 Å². The summed E-state index contributed by atoms with van der Waals surface area (Å²) in [5, 5.41) is 0. The van der Waals surface area contributed by atoms with Gasteiger partial charge in [-0.2, -0.15) is 0 Å². The van der Waals surface area contributed by atoms with E-state index in [4.69, 9.17) is 0 Å². The molecule has 0 radical (unpaired) electrons. The molecule has 0 aromatic rings. The Kier molecular flexibility index (Phi) is 3.52. The fourth-order valence-electron chi connectivity index (χ4n) is 2.25. The maximum absolute atomic E-state index is 11.8. The van der Waals surface area contributed by atoms with Crippen molar-refractivity contribution in [2.45, 2.75) is 59.3 Å². The Bertz CT molecular complexity index is 176. The molecule has 0 aromatic heterocycles. The van der Waals surface area contributed by atoms with E-state index in [1.54, 1.807) is 0 Å². The fourth-order valence-corrected chi connectivity index (χ4v) is 2.25. The summed E-state index contributed by atoms with van der Waals surface area (Å²) in [4.78, 5) is 11.8. The molecule has 1 aliphatic rings. The van der Waals surface area contributed by atoms with Gasteiger partial charge < -0.3 is 0 Å². The predicted molar refractivity (Wildman–Crippen MR) is 55.7 cm³/mol. The first-order valence-electron chi connectivity index (χ1n) is 5.54. The third-order valence-corrected chi connectivity index (χ3v) is 3.10. The summed E-state index contributed by atoms with van der Waals surface area (Å²) < 4.78 is 0. The lowest BCUT2D eigenvalue weighted by Crippen LogP contribution is -2.29. The molecule has 1 atom stereocenters. The minimum atomic E-state index is 0.175. The zero-order chi connectivity index (χ0) is 9.90. The van der Waals surface area contributed by atoms with E-state index in [0.717, 1.165) is 19.3 Å². The normalized spacial score (nSPS) is 26.7. The maximum Gasteiger partial charge on any atom is 0.136 e. The highest BCUT2D eigenvalue weighted by atomic mass is 16.1. The van der Waals surface area contributed by atoms with E-state index in [1.807, 2.05) is 0 Å². The van der Waals surface area contributed by atoms with Crippen LogP contribution in [0, 0.1) is 11.3 Å². The fraction of sp³-hybridized carbons (Fsp3) is 0.917. The van der Waals surface area contributed by atoms with Gasteiger partial charge in [0.1, 0.15) is 5.78 Å². The molecule has 0 aromatic carbocycles. The van der Waals surface area contributed by atoms with E-state index in [1.165, 1.54) is 19.3 Å². The van der Waals surface area contributed by atoms with E-state index >= 15 is 0 Å². The third-order valence-electron chi connectivity index (χ3n) is 3.10. The summed E-state index contributed by atoms with van der Waals surface area (Å²) >= 11 is 0. The summed E-state index contributed by atoms with van der Waals surface area (Å²) in [6, 6.07) is 0. The van der Waals surface area contributed by atoms with Gasteiger partial charge >= 0.3 is 0 Å². The molecule has 0 spiro atoms. The second kappa shape index (κ2) is 4.26. The highest BCUT2D eigenvalue weighted by Crippen LogP contribution is 2.33. The van der Waals surface area contributed by atoms with E-state index in [0.29, 0.717) is 11.7 Å². The summed E-state index contributed by atoms with van der Waals surface area (Å²) in [5.74, 6) is 0.819. The Morgan fingerprint density at radius 2 is 1.69 bits per heavy atom. The summed E-state index contributed by atoms with van der Waals surface area (Å²) in [5.41, 5.74) is 0.175. The van der Waals surface area contributed by atoms with E-state index < -0.39 is 0 Å². The van der Waals surface area contributed by atoms with Crippen LogP contribution in [0.15, 0.2) is 0 Å². The molecular weight excluding hydrogens is 160 g/mol. The number of hydrogen-bond donors (Lipinski definition) is 0. The lowest BCUT2D eigenvalue weighted by molar-refractivity contribution is -0.126. The smallest absolute Gasteiger partial charge is 0.136 e. The van der Waals surface area contributed by atoms with Crippen LogP contribution in [0.3, 0.4) is 0 Å². The van der Waals surface area contributed by atoms with Crippen molar-refractivity contribution >= 4 is 5.78 Å². The maximum atomic E-state index is 11.8. The lowest BCUT2D eigenvalue weighted by atomic mass is 9.73. The van der Waals surface area contributed by atoms with Crippen molar-refractivity contribution in [2.75, 3.05) is 0 Å². The highest BCUT2D eigenvalue weighted by molar-refractivity contribution is 5.81. The first-order valence-corrected chi connectivity index (χ1v) is 5.54. The Morgan fingerprint density at radius 3 is 2.31 bits per heavy atom. The molecule has 0 bridgehead atoms. The van der Waals surface area contributed by atoms with Crippen LogP contribution in [0.2, 0.25) is 0 Å². The molecule has 0 amide bonds. The molecule has 1 heteroatoms. The van der Waals surface area contributed by atoms with E-state index in [-0.39, 0.29) is 5.41 Å². The molecule has 0 heterocycles. The Morgan fingerprint density at radius 1 is 1.08 bits per heavy atom. The van der Waals surface area contributed by atoms with Crippen LogP contribution in [0.5, 0.6) is 0 Å². The molecule has 1 saturated carbocycles.